The molecule has 0 spiro atoms. The standard InChI is InChI=1S/C16H34O10S5/c1-15(2,3)30(23,24)13-11-28(19,20)9-7-27(17,18)8-10-29(21,22)12-14-31(25,26)16(4,5)6/h7-14H2,1-6H3. The summed E-state index contributed by atoms with van der Waals surface area (Å²) in [5.74, 6) is -6.09. The fraction of sp³-hybridized carbons (Fsp3) is 1.00. The number of hydrogen-bond acceptors (Lipinski definition) is 10. The fourth-order valence-corrected chi connectivity index (χ4v) is 11.6. The Balaban J connectivity index is 4.89. The van der Waals surface area contributed by atoms with Crippen LogP contribution in [0.3, 0.4) is 0 Å². The van der Waals surface area contributed by atoms with Crippen molar-refractivity contribution in [2.45, 2.75) is 51.0 Å². The number of sulfone groups is 5. The third-order valence-electron chi connectivity index (χ3n) is 4.60. The van der Waals surface area contributed by atoms with E-state index in [1.54, 1.807) is 0 Å². The predicted molar refractivity (Wildman–Crippen MR) is 123 cm³/mol. The summed E-state index contributed by atoms with van der Waals surface area (Å²) >= 11 is 0. The van der Waals surface area contributed by atoms with Crippen LogP contribution in [0.4, 0.5) is 0 Å². The van der Waals surface area contributed by atoms with Gasteiger partial charge in [0.25, 0.3) is 0 Å². The third-order valence-corrected chi connectivity index (χ3v) is 15.8. The quantitative estimate of drug-likeness (QED) is 0.315. The van der Waals surface area contributed by atoms with Gasteiger partial charge in [-0.15, -0.1) is 0 Å². The summed E-state index contributed by atoms with van der Waals surface area (Å²) in [6, 6.07) is 0. The number of hydrogen-bond donors (Lipinski definition) is 0. The maximum atomic E-state index is 12.1. The molecule has 15 heteroatoms. The summed E-state index contributed by atoms with van der Waals surface area (Å²) in [6.45, 7) is 8.54. The zero-order valence-corrected chi connectivity index (χ0v) is 22.9. The lowest BCUT2D eigenvalue weighted by atomic mass is 10.3. The van der Waals surface area contributed by atoms with Crippen molar-refractivity contribution in [1.29, 1.82) is 0 Å². The van der Waals surface area contributed by atoms with Crippen molar-refractivity contribution < 1.29 is 42.1 Å². The van der Waals surface area contributed by atoms with Gasteiger partial charge in [-0.25, -0.2) is 42.1 Å². The van der Waals surface area contributed by atoms with E-state index in [1.165, 1.54) is 41.5 Å². The lowest BCUT2D eigenvalue weighted by Gasteiger charge is -2.19. The summed E-state index contributed by atoms with van der Waals surface area (Å²) < 4.78 is 118. The van der Waals surface area contributed by atoms with Crippen molar-refractivity contribution >= 4 is 49.2 Å². The molecule has 0 atom stereocenters. The summed E-state index contributed by atoms with van der Waals surface area (Å²) in [5, 5.41) is 0. The van der Waals surface area contributed by atoms with Crippen molar-refractivity contribution in [3.63, 3.8) is 0 Å². The Morgan fingerprint density at radius 3 is 0.677 bits per heavy atom. The molecule has 0 unspecified atom stereocenters. The van der Waals surface area contributed by atoms with Gasteiger partial charge in [0.15, 0.2) is 49.2 Å². The van der Waals surface area contributed by atoms with E-state index in [0.29, 0.717) is 0 Å². The Labute approximate surface area is 187 Å². The van der Waals surface area contributed by atoms with Crippen LogP contribution in [0, 0.1) is 0 Å². The van der Waals surface area contributed by atoms with Crippen LogP contribution >= 0.6 is 0 Å². The molecular formula is C16H34O10S5. The highest BCUT2D eigenvalue weighted by atomic mass is 32.2. The van der Waals surface area contributed by atoms with Crippen LogP contribution in [0.2, 0.25) is 0 Å². The first-order valence-electron chi connectivity index (χ1n) is 9.38. The molecule has 188 valence electrons. The van der Waals surface area contributed by atoms with Crippen molar-refractivity contribution in [3.8, 4) is 0 Å². The van der Waals surface area contributed by atoms with E-state index in [0.717, 1.165) is 0 Å². The summed E-state index contributed by atoms with van der Waals surface area (Å²) in [4.78, 5) is 0. The second-order valence-electron chi connectivity index (χ2n) is 9.32. The van der Waals surface area contributed by atoms with Crippen molar-refractivity contribution in [2.75, 3.05) is 46.0 Å². The van der Waals surface area contributed by atoms with Gasteiger partial charge < -0.3 is 0 Å². The molecule has 0 rings (SSSR count). The van der Waals surface area contributed by atoms with Crippen LogP contribution in [0.15, 0.2) is 0 Å². The van der Waals surface area contributed by atoms with Crippen LogP contribution < -0.4 is 0 Å². The maximum Gasteiger partial charge on any atom is 0.156 e. The topological polar surface area (TPSA) is 171 Å². The van der Waals surface area contributed by atoms with E-state index >= 15 is 0 Å². The smallest absolute Gasteiger partial charge is 0.156 e. The summed E-state index contributed by atoms with van der Waals surface area (Å²) in [5.41, 5.74) is 0. The minimum Gasteiger partial charge on any atom is -0.229 e. The van der Waals surface area contributed by atoms with Crippen LogP contribution in [0.5, 0.6) is 0 Å². The molecule has 0 aliphatic carbocycles. The van der Waals surface area contributed by atoms with Crippen molar-refractivity contribution in [3.05, 3.63) is 0 Å². The molecular weight excluding hydrogens is 513 g/mol. The predicted octanol–water partition coefficient (Wildman–Crippen LogP) is -0.343. The SMILES string of the molecule is CC(C)(C)S(=O)(=O)CCS(=O)(=O)CCS(=O)(=O)CCS(=O)(=O)CCS(=O)(=O)C(C)(C)C. The Morgan fingerprint density at radius 2 is 0.516 bits per heavy atom. The van der Waals surface area contributed by atoms with Gasteiger partial charge in [-0.2, -0.15) is 0 Å². The average Bonchev–Trinajstić information content (AvgIpc) is 2.54. The van der Waals surface area contributed by atoms with Crippen LogP contribution in [0.1, 0.15) is 41.5 Å². The van der Waals surface area contributed by atoms with Gasteiger partial charge in [0.1, 0.15) is 0 Å². The summed E-state index contributed by atoms with van der Waals surface area (Å²) in [6.07, 6.45) is 0. The molecule has 0 aromatic rings. The molecule has 0 aliphatic heterocycles. The van der Waals surface area contributed by atoms with E-state index in [9.17, 15) is 42.1 Å². The molecule has 0 amide bonds. The Hall–Kier alpha value is -0.250. The molecule has 0 bridgehead atoms. The molecule has 10 nitrogen and oxygen atoms in total. The van der Waals surface area contributed by atoms with Gasteiger partial charge in [-0.05, 0) is 41.5 Å². The zero-order chi connectivity index (χ0) is 25.2. The Bertz CT molecular complexity index is 1060. The Morgan fingerprint density at radius 1 is 0.355 bits per heavy atom. The van der Waals surface area contributed by atoms with Gasteiger partial charge in [0, 0.05) is 0 Å². The van der Waals surface area contributed by atoms with E-state index < -0.39 is 105 Å². The van der Waals surface area contributed by atoms with Gasteiger partial charge in [-0.3, -0.25) is 0 Å². The molecule has 0 aromatic carbocycles. The maximum absolute atomic E-state index is 12.1. The minimum absolute atomic E-state index is 0.643. The van der Waals surface area contributed by atoms with Gasteiger partial charge in [0.2, 0.25) is 0 Å². The number of rotatable bonds is 12. The van der Waals surface area contributed by atoms with E-state index in [4.69, 9.17) is 0 Å². The Kier molecular flexibility index (Phi) is 9.86. The molecule has 0 heterocycles. The normalized spacial score (nSPS) is 15.2. The third kappa shape index (κ3) is 10.9. The van der Waals surface area contributed by atoms with E-state index in [-0.39, 0.29) is 0 Å². The van der Waals surface area contributed by atoms with Crippen molar-refractivity contribution in [1.82, 2.24) is 0 Å². The molecule has 0 radical (unpaired) electrons. The molecule has 0 saturated carbocycles. The highest BCUT2D eigenvalue weighted by Crippen LogP contribution is 2.17. The minimum atomic E-state index is -4.07. The van der Waals surface area contributed by atoms with Gasteiger partial charge in [-0.1, -0.05) is 0 Å². The van der Waals surface area contributed by atoms with Crippen LogP contribution in [0.25, 0.3) is 0 Å². The van der Waals surface area contributed by atoms with Gasteiger partial charge >= 0.3 is 0 Å². The lowest BCUT2D eigenvalue weighted by Crippen LogP contribution is -2.35. The highest BCUT2D eigenvalue weighted by Gasteiger charge is 2.32. The summed E-state index contributed by atoms with van der Waals surface area (Å²) in [7, 11) is -19.5. The molecule has 0 aliphatic rings. The fourth-order valence-electron chi connectivity index (χ4n) is 1.90. The van der Waals surface area contributed by atoms with Gasteiger partial charge in [0.05, 0.1) is 55.5 Å². The average molecular weight is 547 g/mol. The first-order chi connectivity index (χ1) is 13.3. The van der Waals surface area contributed by atoms with Crippen LogP contribution in [-0.4, -0.2) is 97.6 Å². The van der Waals surface area contributed by atoms with E-state index in [1.807, 2.05) is 0 Å². The molecule has 31 heavy (non-hydrogen) atoms. The first kappa shape index (κ1) is 30.8. The molecule has 0 saturated heterocycles. The zero-order valence-electron chi connectivity index (χ0n) is 18.8. The lowest BCUT2D eigenvalue weighted by molar-refractivity contribution is 0.559. The largest absolute Gasteiger partial charge is 0.229 e. The van der Waals surface area contributed by atoms with Crippen LogP contribution in [-0.2, 0) is 49.2 Å². The second kappa shape index (κ2) is 9.94. The highest BCUT2D eigenvalue weighted by molar-refractivity contribution is 7.98. The van der Waals surface area contributed by atoms with Crippen molar-refractivity contribution in [2.24, 2.45) is 0 Å². The molecule has 0 N–H and O–H groups in total. The second-order valence-corrected chi connectivity index (χ2v) is 22.0. The van der Waals surface area contributed by atoms with E-state index in [2.05, 4.69) is 0 Å². The molecule has 0 aromatic heterocycles. The monoisotopic (exact) mass is 546 g/mol. The molecule has 0 fully saturated rings. The first-order valence-corrected chi connectivity index (χ1v) is 18.2.